The van der Waals surface area contributed by atoms with Crippen LogP contribution in [0, 0.1) is 6.92 Å². The molecule has 5 nitrogen and oxygen atoms in total. The van der Waals surface area contributed by atoms with Crippen LogP contribution in [0.4, 0.5) is 5.69 Å². The molecule has 0 fully saturated rings. The molecule has 0 aliphatic carbocycles. The van der Waals surface area contributed by atoms with E-state index in [-0.39, 0.29) is 11.7 Å². The molecule has 0 aliphatic heterocycles. The molecule has 5 heteroatoms. The molecule has 1 amide bonds. The Morgan fingerprint density at radius 1 is 1.44 bits per heavy atom. The molecule has 2 aromatic rings. The minimum absolute atomic E-state index is 0.0506. The molecule has 1 aromatic carbocycles. The van der Waals surface area contributed by atoms with Crippen molar-refractivity contribution < 1.29 is 9.90 Å². The zero-order valence-electron chi connectivity index (χ0n) is 10.3. The first-order valence-electron chi connectivity index (χ1n) is 5.75. The van der Waals surface area contributed by atoms with Crippen LogP contribution in [0.2, 0.25) is 0 Å². The second-order valence-corrected chi connectivity index (χ2v) is 4.11. The number of carbonyl (C=O) groups excluding carboxylic acids is 1. The van der Waals surface area contributed by atoms with E-state index < -0.39 is 0 Å². The molecule has 0 unspecified atom stereocenters. The van der Waals surface area contributed by atoms with Crippen LogP contribution in [-0.4, -0.2) is 21.2 Å². The molecule has 0 bridgehead atoms. The molecule has 94 valence electrons. The van der Waals surface area contributed by atoms with Gasteiger partial charge in [0.2, 0.25) is 0 Å². The van der Waals surface area contributed by atoms with Gasteiger partial charge in [0.25, 0.3) is 5.91 Å². The van der Waals surface area contributed by atoms with Crippen molar-refractivity contribution in [3.8, 4) is 5.75 Å². The molecular formula is C13H15N3O2. The van der Waals surface area contributed by atoms with Crippen molar-refractivity contribution in [3.63, 3.8) is 0 Å². The Balaban J connectivity index is 2.16. The fourth-order valence-electron chi connectivity index (χ4n) is 1.59. The molecule has 0 saturated carbocycles. The lowest BCUT2D eigenvalue weighted by molar-refractivity contribution is 0.102. The number of rotatable bonds is 3. The number of benzene rings is 1. The van der Waals surface area contributed by atoms with Gasteiger partial charge in [-0.15, -0.1) is 0 Å². The summed E-state index contributed by atoms with van der Waals surface area (Å²) >= 11 is 0. The van der Waals surface area contributed by atoms with Crippen molar-refractivity contribution in [2.45, 2.75) is 20.3 Å². The maximum atomic E-state index is 11.9. The van der Waals surface area contributed by atoms with Gasteiger partial charge in [-0.2, -0.15) is 5.10 Å². The van der Waals surface area contributed by atoms with Gasteiger partial charge in [-0.3, -0.25) is 9.89 Å². The van der Waals surface area contributed by atoms with Crippen LogP contribution in [0.1, 0.15) is 28.7 Å². The minimum Gasteiger partial charge on any atom is -0.506 e. The van der Waals surface area contributed by atoms with Crippen LogP contribution >= 0.6 is 0 Å². The van der Waals surface area contributed by atoms with Gasteiger partial charge in [0.1, 0.15) is 5.75 Å². The molecule has 0 aliphatic rings. The lowest BCUT2D eigenvalue weighted by Crippen LogP contribution is -2.12. The largest absolute Gasteiger partial charge is 0.506 e. The van der Waals surface area contributed by atoms with Gasteiger partial charge in [0, 0.05) is 5.69 Å². The predicted octanol–water partition coefficient (Wildman–Crippen LogP) is 2.24. The van der Waals surface area contributed by atoms with Gasteiger partial charge in [-0.1, -0.05) is 13.0 Å². The SMILES string of the molecule is CCc1cc(C(=O)Nc2ccc(C)cc2O)n[nH]1. The molecule has 0 radical (unpaired) electrons. The summed E-state index contributed by atoms with van der Waals surface area (Å²) in [6.07, 6.45) is 0.788. The smallest absolute Gasteiger partial charge is 0.276 e. The molecule has 0 atom stereocenters. The van der Waals surface area contributed by atoms with E-state index in [9.17, 15) is 9.90 Å². The first-order valence-corrected chi connectivity index (χ1v) is 5.75. The highest BCUT2D eigenvalue weighted by atomic mass is 16.3. The average molecular weight is 245 g/mol. The Labute approximate surface area is 105 Å². The number of phenols is 1. The zero-order valence-corrected chi connectivity index (χ0v) is 10.3. The molecular weight excluding hydrogens is 230 g/mol. The first-order chi connectivity index (χ1) is 8.60. The van der Waals surface area contributed by atoms with E-state index >= 15 is 0 Å². The second-order valence-electron chi connectivity index (χ2n) is 4.11. The maximum absolute atomic E-state index is 11.9. The number of carbonyl (C=O) groups is 1. The topological polar surface area (TPSA) is 78.0 Å². The van der Waals surface area contributed by atoms with Gasteiger partial charge < -0.3 is 10.4 Å². The number of aryl methyl sites for hydroxylation is 2. The van der Waals surface area contributed by atoms with E-state index in [2.05, 4.69) is 15.5 Å². The van der Waals surface area contributed by atoms with E-state index in [1.165, 1.54) is 0 Å². The quantitative estimate of drug-likeness (QED) is 0.726. The van der Waals surface area contributed by atoms with Gasteiger partial charge in [-0.05, 0) is 37.1 Å². The van der Waals surface area contributed by atoms with Crippen molar-refractivity contribution in [2.75, 3.05) is 5.32 Å². The molecule has 1 aromatic heterocycles. The minimum atomic E-state index is -0.342. The van der Waals surface area contributed by atoms with Crippen molar-refractivity contribution >= 4 is 11.6 Å². The van der Waals surface area contributed by atoms with Crippen molar-refractivity contribution in [1.29, 1.82) is 0 Å². The van der Waals surface area contributed by atoms with Crippen LogP contribution in [0.3, 0.4) is 0 Å². The number of nitrogens with zero attached hydrogens (tertiary/aromatic N) is 1. The Hall–Kier alpha value is -2.30. The van der Waals surface area contributed by atoms with E-state index in [1.807, 2.05) is 19.9 Å². The van der Waals surface area contributed by atoms with Crippen LogP contribution in [0.15, 0.2) is 24.3 Å². The number of hydrogen-bond donors (Lipinski definition) is 3. The molecule has 1 heterocycles. The van der Waals surface area contributed by atoms with Gasteiger partial charge in [0.15, 0.2) is 5.69 Å². The van der Waals surface area contributed by atoms with E-state index in [4.69, 9.17) is 0 Å². The summed E-state index contributed by atoms with van der Waals surface area (Å²) in [6.45, 7) is 3.84. The average Bonchev–Trinajstić information content (AvgIpc) is 2.81. The molecule has 0 spiro atoms. The molecule has 18 heavy (non-hydrogen) atoms. The Bertz CT molecular complexity index is 575. The standard InChI is InChI=1S/C13H15N3O2/c1-3-9-7-11(16-15-9)13(18)14-10-5-4-8(2)6-12(10)17/h4-7,17H,3H2,1-2H3,(H,14,18)(H,15,16). The van der Waals surface area contributed by atoms with Crippen LogP contribution < -0.4 is 5.32 Å². The Kier molecular flexibility index (Phi) is 3.32. The summed E-state index contributed by atoms with van der Waals surface area (Å²) in [4.78, 5) is 11.9. The number of nitrogens with one attached hydrogen (secondary N) is 2. The lowest BCUT2D eigenvalue weighted by Gasteiger charge is -2.06. The van der Waals surface area contributed by atoms with Crippen molar-refractivity contribution in [2.24, 2.45) is 0 Å². The summed E-state index contributed by atoms with van der Waals surface area (Å²) in [7, 11) is 0. The molecule has 2 rings (SSSR count). The third-order valence-electron chi connectivity index (χ3n) is 2.65. The summed E-state index contributed by atoms with van der Waals surface area (Å²) in [5.41, 5.74) is 2.52. The van der Waals surface area contributed by atoms with E-state index in [0.717, 1.165) is 17.7 Å². The lowest BCUT2D eigenvalue weighted by atomic mass is 10.2. The number of aromatic hydroxyl groups is 1. The van der Waals surface area contributed by atoms with Crippen LogP contribution in [-0.2, 0) is 6.42 Å². The number of H-pyrrole nitrogens is 1. The third kappa shape index (κ3) is 2.51. The fraction of sp³-hybridized carbons (Fsp3) is 0.231. The number of phenolic OH excluding ortho intramolecular Hbond substituents is 1. The molecule has 3 N–H and O–H groups in total. The van der Waals surface area contributed by atoms with Crippen molar-refractivity contribution in [1.82, 2.24) is 10.2 Å². The maximum Gasteiger partial charge on any atom is 0.276 e. The number of aromatic nitrogens is 2. The summed E-state index contributed by atoms with van der Waals surface area (Å²) in [5.74, 6) is -0.292. The number of anilines is 1. The predicted molar refractivity (Wildman–Crippen MR) is 68.8 cm³/mol. The van der Waals surface area contributed by atoms with Crippen LogP contribution in [0.5, 0.6) is 5.75 Å². The highest BCUT2D eigenvalue weighted by Gasteiger charge is 2.12. The first kappa shape index (κ1) is 12.2. The van der Waals surface area contributed by atoms with Gasteiger partial charge in [0.05, 0.1) is 5.69 Å². The summed E-state index contributed by atoms with van der Waals surface area (Å²) in [5, 5.41) is 19.0. The summed E-state index contributed by atoms with van der Waals surface area (Å²) in [6, 6.07) is 6.77. The number of amides is 1. The number of aromatic amines is 1. The normalized spacial score (nSPS) is 10.3. The third-order valence-corrected chi connectivity index (χ3v) is 2.65. The summed E-state index contributed by atoms with van der Waals surface area (Å²) < 4.78 is 0. The second kappa shape index (κ2) is 4.91. The fourth-order valence-corrected chi connectivity index (χ4v) is 1.59. The highest BCUT2D eigenvalue weighted by Crippen LogP contribution is 2.24. The number of hydrogen-bond acceptors (Lipinski definition) is 3. The molecule has 0 saturated heterocycles. The van der Waals surface area contributed by atoms with E-state index in [1.54, 1.807) is 18.2 Å². The highest BCUT2D eigenvalue weighted by molar-refractivity contribution is 6.03. The van der Waals surface area contributed by atoms with Crippen molar-refractivity contribution in [3.05, 3.63) is 41.2 Å². The van der Waals surface area contributed by atoms with E-state index in [0.29, 0.717) is 11.4 Å². The Morgan fingerprint density at radius 2 is 2.22 bits per heavy atom. The van der Waals surface area contributed by atoms with Gasteiger partial charge in [-0.25, -0.2) is 0 Å². The van der Waals surface area contributed by atoms with Gasteiger partial charge >= 0.3 is 0 Å². The Morgan fingerprint density at radius 3 is 2.83 bits per heavy atom. The monoisotopic (exact) mass is 245 g/mol. The van der Waals surface area contributed by atoms with Crippen LogP contribution in [0.25, 0.3) is 0 Å². The zero-order chi connectivity index (χ0) is 13.1.